The summed E-state index contributed by atoms with van der Waals surface area (Å²) in [6.45, 7) is 8.29. The third-order valence-electron chi connectivity index (χ3n) is 4.92. The number of hydrogen-bond acceptors (Lipinski definition) is 6. The number of nitrogens with zero attached hydrogens (tertiary/aromatic N) is 3. The van der Waals surface area contributed by atoms with Crippen molar-refractivity contribution in [2.24, 2.45) is 4.99 Å². The third-order valence-corrected chi connectivity index (χ3v) is 5.96. The number of rotatable bonds is 8. The second kappa shape index (κ2) is 10.3. The summed E-state index contributed by atoms with van der Waals surface area (Å²) < 4.78 is 13.1. The summed E-state index contributed by atoms with van der Waals surface area (Å²) >= 11 is 1.33. The lowest BCUT2D eigenvalue weighted by molar-refractivity contribution is -0.141. The Hall–Kier alpha value is -3.13. The number of carbonyl (C=O) groups is 2. The van der Waals surface area contributed by atoms with Crippen LogP contribution in [0.1, 0.15) is 31.1 Å². The number of hydrogen-bond donors (Lipinski definition) is 0. The number of anilines is 1. The molecule has 1 aromatic heterocycles. The van der Waals surface area contributed by atoms with Crippen LogP contribution in [-0.4, -0.2) is 43.2 Å². The summed E-state index contributed by atoms with van der Waals surface area (Å²) in [6, 6.07) is 13.0. The van der Waals surface area contributed by atoms with E-state index in [1.54, 1.807) is 16.7 Å². The molecule has 0 aliphatic carbocycles. The van der Waals surface area contributed by atoms with E-state index in [0.29, 0.717) is 22.7 Å². The molecule has 7 nitrogen and oxygen atoms in total. The number of amides is 1. The van der Waals surface area contributed by atoms with Crippen LogP contribution in [0.4, 0.5) is 5.69 Å². The van der Waals surface area contributed by atoms with Crippen molar-refractivity contribution in [1.29, 1.82) is 0 Å². The molecule has 0 N–H and O–H groups in total. The van der Waals surface area contributed by atoms with E-state index in [4.69, 9.17) is 9.47 Å². The zero-order valence-electron chi connectivity index (χ0n) is 18.3. The zero-order valence-corrected chi connectivity index (χ0v) is 19.1. The first-order valence-electron chi connectivity index (χ1n) is 10.3. The normalized spacial score (nSPS) is 11.5. The summed E-state index contributed by atoms with van der Waals surface area (Å²) in [4.78, 5) is 31.9. The Labute approximate surface area is 185 Å². The van der Waals surface area contributed by atoms with E-state index in [0.717, 1.165) is 29.0 Å². The number of aromatic nitrogens is 1. The highest BCUT2D eigenvalue weighted by molar-refractivity contribution is 7.16. The molecule has 1 amide bonds. The molecule has 3 rings (SSSR count). The molecule has 0 saturated carbocycles. The lowest BCUT2D eigenvalue weighted by Crippen LogP contribution is -2.23. The first-order valence-corrected chi connectivity index (χ1v) is 11.1. The minimum atomic E-state index is -0.427. The Morgan fingerprint density at radius 1 is 1.06 bits per heavy atom. The van der Waals surface area contributed by atoms with Crippen LogP contribution < -0.4 is 14.4 Å². The van der Waals surface area contributed by atoms with Gasteiger partial charge in [-0.1, -0.05) is 17.4 Å². The van der Waals surface area contributed by atoms with Gasteiger partial charge in [-0.3, -0.25) is 9.59 Å². The van der Waals surface area contributed by atoms with Crippen molar-refractivity contribution < 1.29 is 19.1 Å². The van der Waals surface area contributed by atoms with E-state index >= 15 is 0 Å². The fourth-order valence-corrected chi connectivity index (χ4v) is 4.40. The van der Waals surface area contributed by atoms with E-state index in [-0.39, 0.29) is 12.5 Å². The summed E-state index contributed by atoms with van der Waals surface area (Å²) in [7, 11) is 1.33. The molecule has 1 heterocycles. The lowest BCUT2D eigenvalue weighted by atomic mass is 10.2. The molecular formula is C23H27N3O4S. The summed E-state index contributed by atoms with van der Waals surface area (Å²) in [5.74, 6) is -0.157. The molecule has 0 bridgehead atoms. The van der Waals surface area contributed by atoms with Crippen LogP contribution in [-0.2, 0) is 16.1 Å². The average Bonchev–Trinajstić information content (AvgIpc) is 3.12. The number of fused-ring (bicyclic) bond motifs is 1. The smallest absolute Gasteiger partial charge is 0.325 e. The maximum absolute atomic E-state index is 12.9. The molecule has 3 aromatic rings. The molecule has 0 atom stereocenters. The first kappa shape index (κ1) is 22.6. The molecule has 0 spiro atoms. The summed E-state index contributed by atoms with van der Waals surface area (Å²) in [6.07, 6.45) is 0. The molecule has 164 valence electrons. The summed E-state index contributed by atoms with van der Waals surface area (Å²) in [5, 5.41) is 0. The van der Waals surface area contributed by atoms with Crippen LogP contribution in [0.3, 0.4) is 0 Å². The minimum absolute atomic E-state index is 0.0619. The largest absolute Gasteiger partial charge is 0.492 e. The van der Waals surface area contributed by atoms with Crippen molar-refractivity contribution in [3.05, 3.63) is 52.8 Å². The standard InChI is InChI=1S/C23H27N3O4S/c1-5-25(6-2)17-13-11-16(12-14-17)22(28)24-23-26(15-20(27)29-4)21-18(30-7-3)9-8-10-19(21)31-23/h8-14H,5-7,15H2,1-4H3. The molecule has 31 heavy (non-hydrogen) atoms. The number of esters is 1. The number of methoxy groups -OCH3 is 1. The number of ether oxygens (including phenoxy) is 2. The zero-order chi connectivity index (χ0) is 22.4. The Balaban J connectivity index is 2.06. The first-order chi connectivity index (χ1) is 15.0. The van der Waals surface area contributed by atoms with Crippen LogP contribution in [0.15, 0.2) is 47.5 Å². The van der Waals surface area contributed by atoms with Gasteiger partial charge in [0.25, 0.3) is 5.91 Å². The minimum Gasteiger partial charge on any atom is -0.492 e. The van der Waals surface area contributed by atoms with Gasteiger partial charge in [0.15, 0.2) is 4.80 Å². The highest BCUT2D eigenvalue weighted by Gasteiger charge is 2.16. The van der Waals surface area contributed by atoms with Gasteiger partial charge in [0.1, 0.15) is 17.8 Å². The van der Waals surface area contributed by atoms with Crippen LogP contribution in [0.5, 0.6) is 5.75 Å². The molecule has 0 aliphatic heterocycles. The highest BCUT2D eigenvalue weighted by Crippen LogP contribution is 2.28. The van der Waals surface area contributed by atoms with Crippen molar-refractivity contribution >= 4 is 39.1 Å². The van der Waals surface area contributed by atoms with Crippen molar-refractivity contribution in [2.45, 2.75) is 27.3 Å². The maximum atomic E-state index is 12.9. The third kappa shape index (κ3) is 4.96. The molecule has 0 radical (unpaired) electrons. The summed E-state index contributed by atoms with van der Waals surface area (Å²) in [5.41, 5.74) is 2.27. The SMILES string of the molecule is CCOc1cccc2sc(=NC(=O)c3ccc(N(CC)CC)cc3)n(CC(=O)OC)c12. The number of para-hydroxylation sites is 1. The number of thiazole rings is 1. The Morgan fingerprint density at radius 3 is 2.39 bits per heavy atom. The lowest BCUT2D eigenvalue weighted by Gasteiger charge is -2.20. The molecule has 0 aliphatic rings. The van der Waals surface area contributed by atoms with Crippen molar-refractivity contribution in [2.75, 3.05) is 31.7 Å². The predicted molar refractivity (Wildman–Crippen MR) is 123 cm³/mol. The Morgan fingerprint density at radius 2 is 1.77 bits per heavy atom. The van der Waals surface area contributed by atoms with Gasteiger partial charge in [-0.25, -0.2) is 0 Å². The highest BCUT2D eigenvalue weighted by atomic mass is 32.1. The number of carbonyl (C=O) groups excluding carboxylic acids is 2. The fourth-order valence-electron chi connectivity index (χ4n) is 3.35. The van der Waals surface area contributed by atoms with Crippen LogP contribution in [0.2, 0.25) is 0 Å². The quantitative estimate of drug-likeness (QED) is 0.496. The molecule has 0 unspecified atom stereocenters. The van der Waals surface area contributed by atoms with Gasteiger partial charge in [-0.2, -0.15) is 4.99 Å². The van der Waals surface area contributed by atoms with Gasteiger partial charge in [0, 0.05) is 24.3 Å². The van der Waals surface area contributed by atoms with Crippen LogP contribution >= 0.6 is 11.3 Å². The van der Waals surface area contributed by atoms with Gasteiger partial charge in [0.05, 0.1) is 18.4 Å². The van der Waals surface area contributed by atoms with Crippen LogP contribution in [0, 0.1) is 0 Å². The van der Waals surface area contributed by atoms with Gasteiger partial charge in [-0.05, 0) is 57.2 Å². The van der Waals surface area contributed by atoms with Crippen molar-refractivity contribution in [1.82, 2.24) is 4.57 Å². The van der Waals surface area contributed by atoms with E-state index in [1.165, 1.54) is 18.4 Å². The van der Waals surface area contributed by atoms with Gasteiger partial charge >= 0.3 is 5.97 Å². The molecule has 2 aromatic carbocycles. The van der Waals surface area contributed by atoms with Crippen molar-refractivity contribution in [3.63, 3.8) is 0 Å². The molecular weight excluding hydrogens is 414 g/mol. The monoisotopic (exact) mass is 441 g/mol. The average molecular weight is 442 g/mol. The van der Waals surface area contributed by atoms with Crippen LogP contribution in [0.25, 0.3) is 10.2 Å². The topological polar surface area (TPSA) is 73.1 Å². The second-order valence-electron chi connectivity index (χ2n) is 6.72. The second-order valence-corrected chi connectivity index (χ2v) is 7.73. The maximum Gasteiger partial charge on any atom is 0.325 e. The van der Waals surface area contributed by atoms with Gasteiger partial charge < -0.3 is 18.9 Å². The van der Waals surface area contributed by atoms with Gasteiger partial charge in [0.2, 0.25) is 0 Å². The predicted octanol–water partition coefficient (Wildman–Crippen LogP) is 3.86. The van der Waals surface area contributed by atoms with Crippen molar-refractivity contribution in [3.8, 4) is 5.75 Å². The molecule has 8 heteroatoms. The van der Waals surface area contributed by atoms with E-state index in [2.05, 4.69) is 23.7 Å². The van der Waals surface area contributed by atoms with E-state index in [1.807, 2.05) is 37.3 Å². The fraction of sp³-hybridized carbons (Fsp3) is 0.348. The van der Waals surface area contributed by atoms with E-state index < -0.39 is 5.97 Å². The van der Waals surface area contributed by atoms with Gasteiger partial charge in [-0.15, -0.1) is 0 Å². The Bertz CT molecular complexity index is 1130. The molecule has 0 saturated heterocycles. The Kier molecular flexibility index (Phi) is 7.46. The number of benzene rings is 2. The molecule has 0 fully saturated rings. The van der Waals surface area contributed by atoms with E-state index in [9.17, 15) is 9.59 Å².